The van der Waals surface area contributed by atoms with Crippen LogP contribution >= 0.6 is 0 Å². The summed E-state index contributed by atoms with van der Waals surface area (Å²) >= 11 is 0. The van der Waals surface area contributed by atoms with Crippen LogP contribution < -0.4 is 32.8 Å². The van der Waals surface area contributed by atoms with Crippen LogP contribution in [0.15, 0.2) is 130 Å². The minimum atomic E-state index is 0.581. The van der Waals surface area contributed by atoms with Gasteiger partial charge < -0.3 is 13.4 Å². The molecule has 6 nitrogen and oxygen atoms in total. The second kappa shape index (κ2) is 12.4. The van der Waals surface area contributed by atoms with Gasteiger partial charge in [0.1, 0.15) is 69.4 Å². The summed E-state index contributed by atoms with van der Waals surface area (Å²) in [7, 11) is 13.2. The second-order valence-corrected chi connectivity index (χ2v) is 15.3. The van der Waals surface area contributed by atoms with Gasteiger partial charge >= 0.3 is 0 Å². The maximum absolute atomic E-state index is 7.12. The van der Waals surface area contributed by atoms with E-state index in [1.807, 2.05) is 42.5 Å². The Kier molecular flexibility index (Phi) is 7.34. The Hall–Kier alpha value is -6.66. The first-order valence-corrected chi connectivity index (χ1v) is 19.5. The molecule has 0 aliphatic heterocycles. The Morgan fingerprint density at radius 2 is 0.982 bits per heavy atom. The molecule has 0 bridgehead atoms. The van der Waals surface area contributed by atoms with Crippen molar-refractivity contribution in [3.05, 3.63) is 121 Å². The summed E-state index contributed by atoms with van der Waals surface area (Å²) in [6.07, 6.45) is 0. The molecule has 0 N–H and O–H groups in total. The van der Waals surface area contributed by atoms with E-state index in [2.05, 4.69) is 131 Å². The molecular weight excluding hydrogens is 693 g/mol. The lowest BCUT2D eigenvalue weighted by Gasteiger charge is -2.19. The van der Waals surface area contributed by atoms with Gasteiger partial charge in [-0.2, -0.15) is 0 Å². The molecule has 4 heterocycles. The van der Waals surface area contributed by atoms with Gasteiger partial charge in [0, 0.05) is 54.7 Å². The highest BCUT2D eigenvalue weighted by atomic mass is 16.3. The summed E-state index contributed by atoms with van der Waals surface area (Å²) in [5.41, 5.74) is 16.5. The molecular formula is C45H32B6N4O2. The van der Waals surface area contributed by atoms with Crippen molar-refractivity contribution in [2.75, 3.05) is 0 Å². The zero-order chi connectivity index (χ0) is 38.7. The van der Waals surface area contributed by atoms with Crippen molar-refractivity contribution in [1.82, 2.24) is 19.5 Å². The number of rotatable bonds is 4. The number of benzene rings is 7. The van der Waals surface area contributed by atoms with E-state index >= 15 is 0 Å². The molecule has 0 unspecified atom stereocenters. The first-order valence-electron chi connectivity index (χ1n) is 19.5. The molecule has 0 aliphatic rings. The Morgan fingerprint density at radius 3 is 1.70 bits per heavy atom. The Bertz CT molecular complexity index is 3450. The first-order chi connectivity index (χ1) is 27.8. The number of fused-ring (bicyclic) bond motifs is 9. The number of nitrogens with zero attached hydrogens (tertiary/aromatic N) is 4. The lowest BCUT2D eigenvalue weighted by Crippen LogP contribution is -2.41. The Balaban J connectivity index is 1.21. The van der Waals surface area contributed by atoms with Crippen molar-refractivity contribution < 1.29 is 8.83 Å². The zero-order valence-corrected chi connectivity index (χ0v) is 32.7. The lowest BCUT2D eigenvalue weighted by atomic mass is 9.67. The molecule has 0 radical (unpaired) electrons. The Labute approximate surface area is 333 Å². The third-order valence-corrected chi connectivity index (χ3v) is 12.3. The van der Waals surface area contributed by atoms with E-state index in [9.17, 15) is 0 Å². The van der Waals surface area contributed by atoms with E-state index in [4.69, 9.17) is 23.8 Å². The SMILES string of the molecule is Bc1c(B)c(-c2nc(-c3ccccc3)nc(-c3ccc4c(c3)oc3ccccc34)n2)c2c(oc3c(B)c(-n4c5ccccc5c5ccccc54)c(B)c(B)c32)c1B. The van der Waals surface area contributed by atoms with Crippen LogP contribution in [-0.4, -0.2) is 66.6 Å². The number of hydrogen-bond acceptors (Lipinski definition) is 5. The normalized spacial score (nSPS) is 11.9. The van der Waals surface area contributed by atoms with Gasteiger partial charge in [0.25, 0.3) is 0 Å². The minimum Gasteiger partial charge on any atom is -0.457 e. The van der Waals surface area contributed by atoms with Crippen LogP contribution in [-0.2, 0) is 0 Å². The van der Waals surface area contributed by atoms with E-state index < -0.39 is 0 Å². The monoisotopic (exact) mass is 726 g/mol. The number of furan rings is 2. The van der Waals surface area contributed by atoms with Gasteiger partial charge in [-0.1, -0.05) is 118 Å². The van der Waals surface area contributed by atoms with Gasteiger partial charge in [-0.05, 0) is 35.8 Å². The summed E-state index contributed by atoms with van der Waals surface area (Å²) < 4.78 is 15.9. The molecule has 57 heavy (non-hydrogen) atoms. The van der Waals surface area contributed by atoms with E-state index in [1.165, 1.54) is 32.7 Å². The van der Waals surface area contributed by atoms with Crippen LogP contribution in [0, 0.1) is 0 Å². The lowest BCUT2D eigenvalue weighted by molar-refractivity contribution is 0.669. The topological polar surface area (TPSA) is 69.9 Å². The largest absolute Gasteiger partial charge is 0.457 e. The standard InChI is InChI=1S/C45H32B6N4O2/c46-34-32-31-33(45-53-43(21-10-2-1-3-11-21)52-44(54-45)22-18-19-26-25-14-6-9-17-29(25)56-30(26)20-22)35(47)36(48)38(50)41(31)57-42(32)39(51)40(37(34)49)55-27-15-7-4-12-23(27)24-13-5-8-16-28(24)55/h1-20H,46-51H2. The molecule has 11 rings (SSSR count). The fourth-order valence-electron chi connectivity index (χ4n) is 9.11. The summed E-state index contributed by atoms with van der Waals surface area (Å²) in [4.78, 5) is 15.7. The third-order valence-electron chi connectivity index (χ3n) is 12.3. The quantitative estimate of drug-likeness (QED) is 0.257. The average Bonchev–Trinajstić information content (AvgIpc) is 3.93. The molecule has 0 saturated carbocycles. The predicted molar refractivity (Wildman–Crippen MR) is 254 cm³/mol. The number of aromatic nitrogens is 4. The van der Waals surface area contributed by atoms with Crippen LogP contribution in [0.3, 0.4) is 0 Å². The molecule has 0 spiro atoms. The highest BCUT2D eigenvalue weighted by molar-refractivity contribution is 6.64. The Morgan fingerprint density at radius 1 is 0.404 bits per heavy atom. The van der Waals surface area contributed by atoms with Crippen molar-refractivity contribution in [2.24, 2.45) is 0 Å². The molecule has 12 heteroatoms. The summed E-state index contributed by atoms with van der Waals surface area (Å²) in [6, 6.07) is 41.9. The van der Waals surface area contributed by atoms with Crippen molar-refractivity contribution in [2.45, 2.75) is 0 Å². The minimum absolute atomic E-state index is 0.581. The highest BCUT2D eigenvalue weighted by Crippen LogP contribution is 2.37. The third kappa shape index (κ3) is 4.83. The van der Waals surface area contributed by atoms with Gasteiger partial charge in [0.05, 0.1) is 11.0 Å². The van der Waals surface area contributed by atoms with Crippen LogP contribution in [0.2, 0.25) is 0 Å². The molecule has 7 aromatic carbocycles. The molecule has 0 amide bonds. The van der Waals surface area contributed by atoms with Crippen molar-refractivity contribution in [1.29, 1.82) is 0 Å². The smallest absolute Gasteiger partial charge is 0.164 e. The molecule has 0 aliphatic carbocycles. The van der Waals surface area contributed by atoms with Crippen molar-refractivity contribution in [3.63, 3.8) is 0 Å². The molecule has 4 aromatic heterocycles. The number of para-hydroxylation sites is 3. The summed E-state index contributed by atoms with van der Waals surface area (Å²) in [5.74, 6) is 1.80. The van der Waals surface area contributed by atoms with Crippen LogP contribution in [0.4, 0.5) is 0 Å². The van der Waals surface area contributed by atoms with Crippen LogP contribution in [0.1, 0.15) is 0 Å². The summed E-state index contributed by atoms with van der Waals surface area (Å²) in [6.45, 7) is 0. The average molecular weight is 726 g/mol. The van der Waals surface area contributed by atoms with Gasteiger partial charge in [-0.15, -0.1) is 0 Å². The molecule has 0 atom stereocenters. The maximum atomic E-state index is 7.12. The van der Waals surface area contributed by atoms with E-state index in [0.717, 1.165) is 88.1 Å². The second-order valence-electron chi connectivity index (χ2n) is 15.3. The van der Waals surface area contributed by atoms with Crippen molar-refractivity contribution in [3.8, 4) is 39.9 Å². The molecule has 262 valence electrons. The fourth-order valence-corrected chi connectivity index (χ4v) is 9.11. The fraction of sp³-hybridized carbons (Fsp3) is 0. The van der Waals surface area contributed by atoms with Gasteiger partial charge in [-0.25, -0.2) is 15.0 Å². The molecule has 11 aromatic rings. The number of hydrogen-bond donors (Lipinski definition) is 0. The molecule has 0 saturated heterocycles. The van der Waals surface area contributed by atoms with E-state index in [1.54, 1.807) is 0 Å². The maximum Gasteiger partial charge on any atom is 0.164 e. The summed E-state index contributed by atoms with van der Waals surface area (Å²) in [5, 5.41) is 6.74. The molecule has 0 fully saturated rings. The van der Waals surface area contributed by atoms with Crippen LogP contribution in [0.25, 0.3) is 106 Å². The zero-order valence-electron chi connectivity index (χ0n) is 32.7. The van der Waals surface area contributed by atoms with Gasteiger partial charge in [-0.3, -0.25) is 0 Å². The van der Waals surface area contributed by atoms with E-state index in [0.29, 0.717) is 17.5 Å². The van der Waals surface area contributed by atoms with E-state index in [-0.39, 0.29) is 0 Å². The predicted octanol–water partition coefficient (Wildman–Crippen LogP) is 1.32. The van der Waals surface area contributed by atoms with Gasteiger partial charge in [0.2, 0.25) is 0 Å². The first kappa shape index (κ1) is 33.7. The highest BCUT2D eigenvalue weighted by Gasteiger charge is 2.27. The van der Waals surface area contributed by atoms with Crippen LogP contribution in [0.5, 0.6) is 0 Å². The van der Waals surface area contributed by atoms with Gasteiger partial charge in [0.15, 0.2) is 17.5 Å². The van der Waals surface area contributed by atoms with Crippen molar-refractivity contribution >= 4 is 146 Å².